The largest absolute Gasteiger partial charge is 0.373 e. The fourth-order valence-electron chi connectivity index (χ4n) is 1.39. The third-order valence-electron chi connectivity index (χ3n) is 2.02. The normalized spacial score (nSPS) is 17.2. The molecule has 0 radical (unpaired) electrons. The average molecular weight is 166 g/mol. The van der Waals surface area contributed by atoms with Crippen LogP contribution in [0.5, 0.6) is 0 Å². The SMILES string of the molecule is C=C(C)COCC1=CCCCC1. The molecular weight excluding hydrogens is 148 g/mol. The van der Waals surface area contributed by atoms with Crippen LogP contribution in [0.25, 0.3) is 0 Å². The van der Waals surface area contributed by atoms with E-state index in [1.165, 1.54) is 31.3 Å². The molecule has 0 heterocycles. The van der Waals surface area contributed by atoms with Gasteiger partial charge < -0.3 is 4.74 Å². The number of hydrogen-bond acceptors (Lipinski definition) is 1. The van der Waals surface area contributed by atoms with Gasteiger partial charge in [-0.3, -0.25) is 0 Å². The van der Waals surface area contributed by atoms with Gasteiger partial charge >= 0.3 is 0 Å². The van der Waals surface area contributed by atoms with Crippen molar-refractivity contribution >= 4 is 0 Å². The topological polar surface area (TPSA) is 9.23 Å². The Morgan fingerprint density at radius 1 is 1.58 bits per heavy atom. The van der Waals surface area contributed by atoms with Crippen molar-refractivity contribution in [3.05, 3.63) is 23.8 Å². The lowest BCUT2D eigenvalue weighted by Gasteiger charge is -2.12. The minimum absolute atomic E-state index is 0.706. The lowest BCUT2D eigenvalue weighted by Crippen LogP contribution is -2.03. The summed E-state index contributed by atoms with van der Waals surface area (Å²) in [7, 11) is 0. The zero-order valence-corrected chi connectivity index (χ0v) is 7.94. The molecule has 0 aromatic rings. The highest BCUT2D eigenvalue weighted by molar-refractivity contribution is 5.05. The summed E-state index contributed by atoms with van der Waals surface area (Å²) in [5, 5.41) is 0. The van der Waals surface area contributed by atoms with Crippen molar-refractivity contribution in [1.29, 1.82) is 0 Å². The molecular formula is C11H18O. The Morgan fingerprint density at radius 3 is 3.00 bits per heavy atom. The molecule has 0 aliphatic heterocycles. The number of rotatable bonds is 4. The van der Waals surface area contributed by atoms with E-state index >= 15 is 0 Å². The van der Waals surface area contributed by atoms with Crippen molar-refractivity contribution in [2.75, 3.05) is 13.2 Å². The molecule has 0 atom stereocenters. The minimum atomic E-state index is 0.706. The van der Waals surface area contributed by atoms with Crippen molar-refractivity contribution in [3.8, 4) is 0 Å². The van der Waals surface area contributed by atoms with Gasteiger partial charge in [-0.25, -0.2) is 0 Å². The fraction of sp³-hybridized carbons (Fsp3) is 0.636. The van der Waals surface area contributed by atoms with Gasteiger partial charge in [-0.05, 0) is 38.2 Å². The molecule has 12 heavy (non-hydrogen) atoms. The van der Waals surface area contributed by atoms with Crippen LogP contribution in [-0.4, -0.2) is 13.2 Å². The van der Waals surface area contributed by atoms with E-state index in [2.05, 4.69) is 12.7 Å². The second-order valence-corrected chi connectivity index (χ2v) is 3.56. The maximum atomic E-state index is 5.47. The lowest BCUT2D eigenvalue weighted by atomic mass is 10.0. The maximum Gasteiger partial charge on any atom is 0.0681 e. The fourth-order valence-corrected chi connectivity index (χ4v) is 1.39. The first-order valence-electron chi connectivity index (χ1n) is 4.69. The molecule has 0 aromatic heterocycles. The van der Waals surface area contributed by atoms with Gasteiger partial charge in [0, 0.05) is 0 Å². The van der Waals surface area contributed by atoms with Crippen molar-refractivity contribution in [2.24, 2.45) is 0 Å². The summed E-state index contributed by atoms with van der Waals surface area (Å²) >= 11 is 0. The van der Waals surface area contributed by atoms with E-state index in [1.54, 1.807) is 0 Å². The Morgan fingerprint density at radius 2 is 2.42 bits per heavy atom. The van der Waals surface area contributed by atoms with E-state index in [4.69, 9.17) is 4.74 Å². The Kier molecular flexibility index (Phi) is 4.09. The molecule has 1 heteroatoms. The molecule has 0 fully saturated rings. The van der Waals surface area contributed by atoms with E-state index in [9.17, 15) is 0 Å². The molecule has 68 valence electrons. The predicted molar refractivity (Wildman–Crippen MR) is 52.2 cm³/mol. The van der Waals surface area contributed by atoms with Gasteiger partial charge in [-0.1, -0.05) is 18.2 Å². The Labute approximate surface area is 75.1 Å². The minimum Gasteiger partial charge on any atom is -0.373 e. The van der Waals surface area contributed by atoms with Crippen LogP contribution >= 0.6 is 0 Å². The van der Waals surface area contributed by atoms with Crippen molar-refractivity contribution in [1.82, 2.24) is 0 Å². The molecule has 0 amide bonds. The van der Waals surface area contributed by atoms with Gasteiger partial charge in [0.05, 0.1) is 13.2 Å². The third kappa shape index (κ3) is 3.72. The van der Waals surface area contributed by atoms with Crippen LogP contribution in [0.2, 0.25) is 0 Å². The molecule has 1 aliphatic carbocycles. The van der Waals surface area contributed by atoms with E-state index in [-0.39, 0.29) is 0 Å². The molecule has 0 saturated heterocycles. The molecule has 1 aliphatic rings. The molecule has 0 aromatic carbocycles. The van der Waals surface area contributed by atoms with Crippen LogP contribution in [0.15, 0.2) is 23.8 Å². The molecule has 1 rings (SSSR count). The number of hydrogen-bond donors (Lipinski definition) is 0. The predicted octanol–water partition coefficient (Wildman–Crippen LogP) is 3.08. The summed E-state index contributed by atoms with van der Waals surface area (Å²) < 4.78 is 5.47. The van der Waals surface area contributed by atoms with Crippen molar-refractivity contribution < 1.29 is 4.74 Å². The molecule has 0 saturated carbocycles. The highest BCUT2D eigenvalue weighted by atomic mass is 16.5. The maximum absolute atomic E-state index is 5.47. The lowest BCUT2D eigenvalue weighted by molar-refractivity contribution is 0.176. The zero-order chi connectivity index (χ0) is 8.81. The molecule has 0 unspecified atom stereocenters. The van der Waals surface area contributed by atoms with Crippen molar-refractivity contribution in [2.45, 2.75) is 32.6 Å². The first-order valence-corrected chi connectivity index (χ1v) is 4.69. The summed E-state index contributed by atoms with van der Waals surface area (Å²) in [6.45, 7) is 7.31. The highest BCUT2D eigenvalue weighted by Gasteiger charge is 2.02. The summed E-state index contributed by atoms with van der Waals surface area (Å²) in [4.78, 5) is 0. The summed E-state index contributed by atoms with van der Waals surface area (Å²) in [5.74, 6) is 0. The number of allylic oxidation sites excluding steroid dienone is 1. The highest BCUT2D eigenvalue weighted by Crippen LogP contribution is 2.17. The second-order valence-electron chi connectivity index (χ2n) is 3.56. The molecule has 0 spiro atoms. The standard InChI is InChI=1S/C11H18O/c1-10(2)8-12-9-11-6-4-3-5-7-11/h6H,1,3-5,7-9H2,2H3. The quantitative estimate of drug-likeness (QED) is 0.583. The third-order valence-corrected chi connectivity index (χ3v) is 2.02. The van der Waals surface area contributed by atoms with Crippen LogP contribution in [0.1, 0.15) is 32.6 Å². The first-order chi connectivity index (χ1) is 5.79. The Balaban J connectivity index is 2.13. The van der Waals surface area contributed by atoms with Crippen LogP contribution in [0.4, 0.5) is 0 Å². The molecule has 0 bridgehead atoms. The smallest absolute Gasteiger partial charge is 0.0681 e. The second kappa shape index (κ2) is 5.15. The van der Waals surface area contributed by atoms with Gasteiger partial charge in [0.2, 0.25) is 0 Å². The van der Waals surface area contributed by atoms with E-state index in [1.807, 2.05) is 6.92 Å². The van der Waals surface area contributed by atoms with Gasteiger partial charge in [-0.2, -0.15) is 0 Å². The van der Waals surface area contributed by atoms with Crippen LogP contribution in [-0.2, 0) is 4.74 Å². The summed E-state index contributed by atoms with van der Waals surface area (Å²) in [5.41, 5.74) is 2.58. The monoisotopic (exact) mass is 166 g/mol. The Hall–Kier alpha value is -0.560. The van der Waals surface area contributed by atoms with Gasteiger partial charge in [0.1, 0.15) is 0 Å². The molecule has 1 nitrogen and oxygen atoms in total. The number of ether oxygens (including phenoxy) is 1. The Bertz CT molecular complexity index is 179. The van der Waals surface area contributed by atoms with E-state index in [0.717, 1.165) is 12.2 Å². The van der Waals surface area contributed by atoms with E-state index < -0.39 is 0 Å². The van der Waals surface area contributed by atoms with E-state index in [0.29, 0.717) is 6.61 Å². The van der Waals surface area contributed by atoms with Crippen LogP contribution < -0.4 is 0 Å². The first kappa shape index (κ1) is 9.53. The zero-order valence-electron chi connectivity index (χ0n) is 7.94. The van der Waals surface area contributed by atoms with Crippen LogP contribution in [0, 0.1) is 0 Å². The average Bonchev–Trinajstić information content (AvgIpc) is 2.05. The van der Waals surface area contributed by atoms with Gasteiger partial charge in [-0.15, -0.1) is 0 Å². The van der Waals surface area contributed by atoms with Crippen LogP contribution in [0.3, 0.4) is 0 Å². The van der Waals surface area contributed by atoms with Crippen molar-refractivity contribution in [3.63, 3.8) is 0 Å². The summed E-state index contributed by atoms with van der Waals surface area (Å²) in [6, 6.07) is 0. The van der Waals surface area contributed by atoms with Gasteiger partial charge in [0.15, 0.2) is 0 Å². The molecule has 0 N–H and O–H groups in total. The van der Waals surface area contributed by atoms with Gasteiger partial charge in [0.25, 0.3) is 0 Å². The summed E-state index contributed by atoms with van der Waals surface area (Å²) in [6.07, 6.45) is 7.48.